The average molecular weight is 275 g/mol. The number of urea groups is 1. The van der Waals surface area contributed by atoms with Crippen molar-refractivity contribution in [2.24, 2.45) is 5.92 Å². The average Bonchev–Trinajstić information content (AvgIpc) is 2.93. The SMILES string of the molecule is O=C(NCC1CCS(=O)(=O)C1)NCC1CCCN1. The monoisotopic (exact) mass is 275 g/mol. The van der Waals surface area contributed by atoms with Crippen LogP contribution in [0, 0.1) is 5.92 Å². The fourth-order valence-electron chi connectivity index (χ4n) is 2.48. The van der Waals surface area contributed by atoms with Crippen LogP contribution in [0.25, 0.3) is 0 Å². The first-order valence-corrected chi connectivity index (χ1v) is 8.33. The largest absolute Gasteiger partial charge is 0.338 e. The van der Waals surface area contributed by atoms with Crippen LogP contribution in [-0.4, -0.2) is 51.6 Å². The van der Waals surface area contributed by atoms with Crippen molar-refractivity contribution in [1.29, 1.82) is 0 Å². The van der Waals surface area contributed by atoms with Crippen molar-refractivity contribution >= 4 is 15.9 Å². The third kappa shape index (κ3) is 4.13. The number of sulfone groups is 1. The summed E-state index contributed by atoms with van der Waals surface area (Å²) in [5, 5.41) is 8.85. The lowest BCUT2D eigenvalue weighted by Gasteiger charge is -2.13. The van der Waals surface area contributed by atoms with Gasteiger partial charge in [-0.1, -0.05) is 0 Å². The Morgan fingerprint density at radius 3 is 2.61 bits per heavy atom. The minimum absolute atomic E-state index is 0.0744. The molecule has 104 valence electrons. The van der Waals surface area contributed by atoms with E-state index in [1.807, 2.05) is 0 Å². The second-order valence-electron chi connectivity index (χ2n) is 5.15. The van der Waals surface area contributed by atoms with Gasteiger partial charge in [-0.25, -0.2) is 13.2 Å². The number of hydrogen-bond donors (Lipinski definition) is 3. The fraction of sp³-hybridized carbons (Fsp3) is 0.909. The molecule has 0 radical (unpaired) electrons. The molecule has 2 rings (SSSR count). The molecule has 0 bridgehead atoms. The van der Waals surface area contributed by atoms with E-state index in [4.69, 9.17) is 0 Å². The molecular weight excluding hydrogens is 254 g/mol. The molecule has 0 saturated carbocycles. The molecule has 2 atom stereocenters. The summed E-state index contributed by atoms with van der Waals surface area (Å²) in [6, 6.07) is 0.176. The van der Waals surface area contributed by atoms with Gasteiger partial charge in [-0.05, 0) is 31.7 Å². The molecule has 2 fully saturated rings. The van der Waals surface area contributed by atoms with Crippen LogP contribution in [0.2, 0.25) is 0 Å². The van der Waals surface area contributed by atoms with Crippen LogP contribution in [0.4, 0.5) is 4.79 Å². The molecule has 18 heavy (non-hydrogen) atoms. The molecule has 2 heterocycles. The van der Waals surface area contributed by atoms with Crippen molar-refractivity contribution < 1.29 is 13.2 Å². The number of carbonyl (C=O) groups excluding carboxylic acids is 1. The van der Waals surface area contributed by atoms with Crippen LogP contribution in [0.3, 0.4) is 0 Å². The standard InChI is InChI=1S/C11H21N3O3S/c15-11(14-7-10-2-1-4-12-10)13-6-9-3-5-18(16,17)8-9/h9-10,12H,1-8H2,(H2,13,14,15). The van der Waals surface area contributed by atoms with Crippen molar-refractivity contribution in [3.63, 3.8) is 0 Å². The van der Waals surface area contributed by atoms with Gasteiger partial charge in [-0.3, -0.25) is 0 Å². The lowest BCUT2D eigenvalue weighted by molar-refractivity contribution is 0.238. The van der Waals surface area contributed by atoms with E-state index in [-0.39, 0.29) is 23.5 Å². The van der Waals surface area contributed by atoms with Gasteiger partial charge in [0.2, 0.25) is 0 Å². The maximum atomic E-state index is 11.5. The predicted octanol–water partition coefficient (Wildman–Crippen LogP) is -0.528. The third-order valence-electron chi connectivity index (χ3n) is 3.55. The Hall–Kier alpha value is -0.820. The summed E-state index contributed by atoms with van der Waals surface area (Å²) >= 11 is 0. The second kappa shape index (κ2) is 5.88. The zero-order chi connectivity index (χ0) is 13.0. The highest BCUT2D eigenvalue weighted by molar-refractivity contribution is 7.91. The Morgan fingerprint density at radius 1 is 1.22 bits per heavy atom. The van der Waals surface area contributed by atoms with Crippen LogP contribution in [0.15, 0.2) is 0 Å². The van der Waals surface area contributed by atoms with Gasteiger partial charge in [-0.15, -0.1) is 0 Å². The normalized spacial score (nSPS) is 30.2. The van der Waals surface area contributed by atoms with Gasteiger partial charge in [0.1, 0.15) is 0 Å². The van der Waals surface area contributed by atoms with E-state index in [2.05, 4.69) is 16.0 Å². The van der Waals surface area contributed by atoms with Crippen molar-refractivity contribution in [3.8, 4) is 0 Å². The first-order valence-electron chi connectivity index (χ1n) is 6.51. The summed E-state index contributed by atoms with van der Waals surface area (Å²) in [4.78, 5) is 11.5. The number of amides is 2. The molecule has 2 aliphatic rings. The fourth-order valence-corrected chi connectivity index (χ4v) is 4.34. The van der Waals surface area contributed by atoms with Crippen LogP contribution < -0.4 is 16.0 Å². The lowest BCUT2D eigenvalue weighted by Crippen LogP contribution is -2.43. The third-order valence-corrected chi connectivity index (χ3v) is 5.39. The molecule has 7 heteroatoms. The van der Waals surface area contributed by atoms with E-state index in [1.165, 1.54) is 0 Å². The van der Waals surface area contributed by atoms with Crippen molar-refractivity contribution in [1.82, 2.24) is 16.0 Å². The highest BCUT2D eigenvalue weighted by Gasteiger charge is 2.27. The highest BCUT2D eigenvalue weighted by atomic mass is 32.2. The summed E-state index contributed by atoms with van der Waals surface area (Å²) in [5.41, 5.74) is 0. The number of hydrogen-bond acceptors (Lipinski definition) is 4. The minimum Gasteiger partial charge on any atom is -0.338 e. The maximum absolute atomic E-state index is 11.5. The Bertz CT molecular complexity index is 390. The van der Waals surface area contributed by atoms with E-state index in [0.717, 1.165) is 19.4 Å². The summed E-state index contributed by atoms with van der Waals surface area (Å²) in [6.07, 6.45) is 2.92. The molecule has 3 N–H and O–H groups in total. The van der Waals surface area contributed by atoms with Crippen LogP contribution in [0.1, 0.15) is 19.3 Å². The summed E-state index contributed by atoms with van der Waals surface area (Å²) < 4.78 is 22.5. The van der Waals surface area contributed by atoms with E-state index in [0.29, 0.717) is 25.6 Å². The number of nitrogens with one attached hydrogen (secondary N) is 3. The molecule has 2 saturated heterocycles. The Balaban J connectivity index is 1.60. The van der Waals surface area contributed by atoms with Gasteiger partial charge < -0.3 is 16.0 Å². The van der Waals surface area contributed by atoms with Crippen LogP contribution in [-0.2, 0) is 9.84 Å². The van der Waals surface area contributed by atoms with Gasteiger partial charge in [-0.2, -0.15) is 0 Å². The van der Waals surface area contributed by atoms with Crippen molar-refractivity contribution in [3.05, 3.63) is 0 Å². The highest BCUT2D eigenvalue weighted by Crippen LogP contribution is 2.17. The molecule has 2 aliphatic heterocycles. The van der Waals surface area contributed by atoms with Gasteiger partial charge >= 0.3 is 6.03 Å². The quantitative estimate of drug-likeness (QED) is 0.644. The summed E-state index contributed by atoms with van der Waals surface area (Å²) in [5.74, 6) is 0.537. The van der Waals surface area contributed by atoms with E-state index < -0.39 is 9.84 Å². The number of rotatable bonds is 4. The van der Waals surface area contributed by atoms with Gasteiger partial charge in [0, 0.05) is 19.1 Å². The molecule has 0 aromatic rings. The van der Waals surface area contributed by atoms with Crippen molar-refractivity contribution in [2.45, 2.75) is 25.3 Å². The Morgan fingerprint density at radius 2 is 2.00 bits per heavy atom. The lowest BCUT2D eigenvalue weighted by atomic mass is 10.1. The number of carbonyl (C=O) groups is 1. The molecule has 0 aliphatic carbocycles. The predicted molar refractivity (Wildman–Crippen MR) is 69.2 cm³/mol. The molecular formula is C11H21N3O3S. The van der Waals surface area contributed by atoms with Gasteiger partial charge in [0.15, 0.2) is 9.84 Å². The van der Waals surface area contributed by atoms with E-state index >= 15 is 0 Å². The molecule has 2 amide bonds. The zero-order valence-corrected chi connectivity index (χ0v) is 11.3. The van der Waals surface area contributed by atoms with Crippen LogP contribution in [0.5, 0.6) is 0 Å². The smallest absolute Gasteiger partial charge is 0.314 e. The van der Waals surface area contributed by atoms with Crippen LogP contribution >= 0.6 is 0 Å². The minimum atomic E-state index is -2.85. The first kappa shape index (κ1) is 13.6. The maximum Gasteiger partial charge on any atom is 0.314 e. The Kier molecular flexibility index (Phi) is 4.45. The Labute approximate surface area is 108 Å². The molecule has 6 nitrogen and oxygen atoms in total. The van der Waals surface area contributed by atoms with E-state index in [9.17, 15) is 13.2 Å². The zero-order valence-electron chi connectivity index (χ0n) is 10.4. The molecule has 0 aromatic heterocycles. The molecule has 0 aromatic carbocycles. The van der Waals surface area contributed by atoms with Crippen molar-refractivity contribution in [2.75, 3.05) is 31.1 Å². The van der Waals surface area contributed by atoms with E-state index in [1.54, 1.807) is 0 Å². The summed E-state index contributed by atoms with van der Waals surface area (Å²) in [7, 11) is -2.85. The van der Waals surface area contributed by atoms with Gasteiger partial charge in [0.05, 0.1) is 11.5 Å². The second-order valence-corrected chi connectivity index (χ2v) is 7.38. The first-order chi connectivity index (χ1) is 8.55. The molecule has 0 spiro atoms. The van der Waals surface area contributed by atoms with Gasteiger partial charge in [0.25, 0.3) is 0 Å². The summed E-state index contributed by atoms with van der Waals surface area (Å²) in [6.45, 7) is 2.10. The molecule has 2 unspecified atom stereocenters. The topological polar surface area (TPSA) is 87.3 Å².